The van der Waals surface area contributed by atoms with Crippen molar-refractivity contribution in [3.05, 3.63) is 66.2 Å². The first kappa shape index (κ1) is 20.7. The largest absolute Gasteiger partial charge is 0.342 e. The van der Waals surface area contributed by atoms with Crippen molar-refractivity contribution in [2.24, 2.45) is 5.92 Å². The Kier molecular flexibility index (Phi) is 8.05. The zero-order valence-electron chi connectivity index (χ0n) is 16.6. The molecule has 27 heavy (non-hydrogen) atoms. The number of amides is 2. The predicted molar refractivity (Wildman–Crippen MR) is 110 cm³/mol. The van der Waals surface area contributed by atoms with Crippen molar-refractivity contribution in [1.82, 2.24) is 4.90 Å². The summed E-state index contributed by atoms with van der Waals surface area (Å²) in [7, 11) is 0. The molecule has 0 radical (unpaired) electrons. The van der Waals surface area contributed by atoms with Gasteiger partial charge in [0.2, 0.25) is 11.8 Å². The third-order valence-electron chi connectivity index (χ3n) is 4.57. The lowest BCUT2D eigenvalue weighted by Gasteiger charge is -2.26. The second kappa shape index (κ2) is 10.5. The molecule has 0 unspecified atom stereocenters. The van der Waals surface area contributed by atoms with Crippen LogP contribution in [0.15, 0.2) is 60.7 Å². The molecular formula is C23H30N2O2. The number of hydrogen-bond donors (Lipinski definition) is 0. The van der Waals surface area contributed by atoms with E-state index in [1.54, 1.807) is 16.7 Å². The maximum Gasteiger partial charge on any atom is 0.229 e. The van der Waals surface area contributed by atoms with Crippen molar-refractivity contribution in [3.63, 3.8) is 0 Å². The average molecular weight is 367 g/mol. The molecule has 2 amide bonds. The number of carbonyl (C=O) groups is 2. The fourth-order valence-corrected chi connectivity index (χ4v) is 2.90. The van der Waals surface area contributed by atoms with Crippen molar-refractivity contribution < 1.29 is 9.59 Å². The van der Waals surface area contributed by atoms with E-state index in [-0.39, 0.29) is 11.8 Å². The molecule has 2 rings (SSSR count). The maximum absolute atomic E-state index is 13.0. The number of rotatable bonds is 9. The molecule has 0 saturated carbocycles. The van der Waals surface area contributed by atoms with E-state index in [1.165, 1.54) is 0 Å². The van der Waals surface area contributed by atoms with E-state index >= 15 is 0 Å². The summed E-state index contributed by atoms with van der Waals surface area (Å²) in [5.41, 5.74) is 1.96. The third-order valence-corrected chi connectivity index (χ3v) is 4.57. The van der Waals surface area contributed by atoms with Gasteiger partial charge in [0, 0.05) is 32.1 Å². The molecule has 0 aromatic heterocycles. The summed E-state index contributed by atoms with van der Waals surface area (Å²) in [4.78, 5) is 28.5. The molecule has 0 bridgehead atoms. The summed E-state index contributed by atoms with van der Waals surface area (Å²) in [5.74, 6) is 0.583. The predicted octanol–water partition coefficient (Wildman–Crippen LogP) is 4.50. The van der Waals surface area contributed by atoms with Crippen LogP contribution in [0.4, 0.5) is 5.69 Å². The van der Waals surface area contributed by atoms with Crippen LogP contribution in [0.25, 0.3) is 0 Å². The molecule has 144 valence electrons. The lowest BCUT2D eigenvalue weighted by molar-refractivity contribution is -0.129. The van der Waals surface area contributed by atoms with Crippen LogP contribution in [0.1, 0.15) is 39.2 Å². The maximum atomic E-state index is 13.0. The highest BCUT2D eigenvalue weighted by molar-refractivity contribution is 5.93. The van der Waals surface area contributed by atoms with E-state index in [1.807, 2.05) is 60.7 Å². The van der Waals surface area contributed by atoms with Crippen molar-refractivity contribution in [2.75, 3.05) is 18.0 Å². The Hall–Kier alpha value is -2.62. The van der Waals surface area contributed by atoms with Gasteiger partial charge in [0.05, 0.1) is 6.54 Å². The Labute approximate surface area is 162 Å². The van der Waals surface area contributed by atoms with Crippen molar-refractivity contribution in [3.8, 4) is 0 Å². The molecule has 0 aliphatic heterocycles. The first-order valence-corrected chi connectivity index (χ1v) is 9.62. The van der Waals surface area contributed by atoms with Crippen LogP contribution in [-0.2, 0) is 16.1 Å². The minimum Gasteiger partial charge on any atom is -0.342 e. The number of anilines is 1. The fourth-order valence-electron chi connectivity index (χ4n) is 2.90. The highest BCUT2D eigenvalue weighted by Gasteiger charge is 2.18. The van der Waals surface area contributed by atoms with Gasteiger partial charge in [-0.2, -0.15) is 0 Å². The van der Waals surface area contributed by atoms with Gasteiger partial charge < -0.3 is 9.80 Å². The Bertz CT molecular complexity index is 714. The molecule has 0 fully saturated rings. The summed E-state index contributed by atoms with van der Waals surface area (Å²) in [6.07, 6.45) is 1.26. The van der Waals surface area contributed by atoms with Crippen molar-refractivity contribution in [2.45, 2.75) is 40.2 Å². The van der Waals surface area contributed by atoms with Crippen LogP contribution in [0, 0.1) is 5.92 Å². The Balaban J connectivity index is 2.08. The van der Waals surface area contributed by atoms with Gasteiger partial charge in [-0.15, -0.1) is 0 Å². The third kappa shape index (κ3) is 6.89. The van der Waals surface area contributed by atoms with Crippen LogP contribution >= 0.6 is 0 Å². The summed E-state index contributed by atoms with van der Waals surface area (Å²) in [5, 5.41) is 0. The smallest absolute Gasteiger partial charge is 0.229 e. The Morgan fingerprint density at radius 1 is 0.889 bits per heavy atom. The first-order valence-electron chi connectivity index (χ1n) is 9.62. The van der Waals surface area contributed by atoms with Gasteiger partial charge >= 0.3 is 0 Å². The molecular weight excluding hydrogens is 336 g/mol. The number of carbonyl (C=O) groups excluding carboxylic acids is 2. The number of nitrogens with zero attached hydrogens (tertiary/aromatic N) is 2. The Morgan fingerprint density at radius 2 is 1.48 bits per heavy atom. The van der Waals surface area contributed by atoms with Gasteiger partial charge in [0.15, 0.2) is 0 Å². The van der Waals surface area contributed by atoms with Crippen LogP contribution in [0.5, 0.6) is 0 Å². The van der Waals surface area contributed by atoms with Crippen LogP contribution in [0.3, 0.4) is 0 Å². The van der Waals surface area contributed by atoms with E-state index in [4.69, 9.17) is 0 Å². The summed E-state index contributed by atoms with van der Waals surface area (Å²) in [6.45, 7) is 7.53. The monoisotopic (exact) mass is 366 g/mol. The molecule has 0 atom stereocenters. The molecule has 4 nitrogen and oxygen atoms in total. The lowest BCUT2D eigenvalue weighted by atomic mass is 10.1. The second-order valence-electron chi connectivity index (χ2n) is 7.24. The lowest BCUT2D eigenvalue weighted by Crippen LogP contribution is -2.37. The number of benzene rings is 2. The zero-order valence-corrected chi connectivity index (χ0v) is 16.6. The first-order chi connectivity index (χ1) is 13.0. The minimum absolute atomic E-state index is 0.0257. The standard InChI is InChI=1S/C23H30N2O2/c1-19(2)14-16-24(20(3)26)17-15-23(27)25(22-12-8-5-9-13-22)18-21-10-6-4-7-11-21/h4-13,19H,14-18H2,1-3H3. The van der Waals surface area contributed by atoms with E-state index in [9.17, 15) is 9.59 Å². The highest BCUT2D eigenvalue weighted by Crippen LogP contribution is 2.18. The van der Waals surface area contributed by atoms with Gasteiger partial charge in [-0.25, -0.2) is 0 Å². The summed E-state index contributed by atoms with van der Waals surface area (Å²) >= 11 is 0. The van der Waals surface area contributed by atoms with Crippen LogP contribution in [0.2, 0.25) is 0 Å². The SMILES string of the molecule is CC(=O)N(CCC(=O)N(Cc1ccccc1)c1ccccc1)CCC(C)C. The van der Waals surface area contributed by atoms with Crippen molar-refractivity contribution in [1.29, 1.82) is 0 Å². The second-order valence-corrected chi connectivity index (χ2v) is 7.24. The van der Waals surface area contributed by atoms with E-state index in [0.717, 1.165) is 17.7 Å². The molecule has 0 aliphatic carbocycles. The number of hydrogen-bond acceptors (Lipinski definition) is 2. The minimum atomic E-state index is 0.0257. The molecule has 2 aromatic rings. The highest BCUT2D eigenvalue weighted by atomic mass is 16.2. The summed E-state index contributed by atoms with van der Waals surface area (Å²) < 4.78 is 0. The number of para-hydroxylation sites is 1. The van der Waals surface area contributed by atoms with Crippen LogP contribution < -0.4 is 4.90 Å². The fraction of sp³-hybridized carbons (Fsp3) is 0.391. The molecule has 0 N–H and O–H groups in total. The van der Waals surface area contributed by atoms with Crippen molar-refractivity contribution >= 4 is 17.5 Å². The Morgan fingerprint density at radius 3 is 2.04 bits per heavy atom. The zero-order chi connectivity index (χ0) is 19.6. The molecule has 0 aliphatic rings. The summed E-state index contributed by atoms with van der Waals surface area (Å²) in [6, 6.07) is 19.7. The average Bonchev–Trinajstić information content (AvgIpc) is 2.67. The van der Waals surface area contributed by atoms with E-state index in [2.05, 4.69) is 13.8 Å². The van der Waals surface area contributed by atoms with Crippen LogP contribution in [-0.4, -0.2) is 29.8 Å². The van der Waals surface area contributed by atoms with E-state index < -0.39 is 0 Å². The van der Waals surface area contributed by atoms with Gasteiger partial charge in [-0.1, -0.05) is 62.4 Å². The van der Waals surface area contributed by atoms with Gasteiger partial charge in [0.25, 0.3) is 0 Å². The molecule has 2 aromatic carbocycles. The van der Waals surface area contributed by atoms with E-state index in [0.29, 0.717) is 32.0 Å². The molecule has 4 heteroatoms. The normalized spacial score (nSPS) is 10.7. The quantitative estimate of drug-likeness (QED) is 0.655. The molecule has 0 spiro atoms. The van der Waals surface area contributed by atoms with Gasteiger partial charge in [0.1, 0.15) is 0 Å². The molecule has 0 heterocycles. The molecule has 0 saturated heterocycles. The van der Waals surface area contributed by atoms with Gasteiger partial charge in [-0.05, 0) is 30.0 Å². The van der Waals surface area contributed by atoms with Gasteiger partial charge in [-0.3, -0.25) is 9.59 Å². The topological polar surface area (TPSA) is 40.6 Å².